The van der Waals surface area contributed by atoms with Crippen LogP contribution in [0.4, 0.5) is 5.69 Å². The molecule has 5 nitrogen and oxygen atoms in total. The number of hydrogen-bond acceptors (Lipinski definition) is 3. The Kier molecular flexibility index (Phi) is 6.17. The molecule has 0 spiro atoms. The molecule has 0 fully saturated rings. The van der Waals surface area contributed by atoms with E-state index >= 15 is 0 Å². The van der Waals surface area contributed by atoms with Crippen LogP contribution in [-0.4, -0.2) is 26.0 Å². The van der Waals surface area contributed by atoms with E-state index in [2.05, 4.69) is 10.6 Å². The highest BCUT2D eigenvalue weighted by Gasteiger charge is 2.09. The topological polar surface area (TPSA) is 67.4 Å². The number of carbonyl (C=O) groups excluding carboxylic acids is 2. The molecule has 2 rings (SSSR count). The van der Waals surface area contributed by atoms with Crippen molar-refractivity contribution in [3.63, 3.8) is 0 Å². The lowest BCUT2D eigenvalue weighted by Crippen LogP contribution is -2.18. The standard InChI is InChI=1S/C20H24N2O3/c1-13-5-6-15(12-18(13)25-4)7-10-19(23)22-17-9-8-16(11-14(17)2)20(24)21-3/h5-6,8-9,11-12H,7,10H2,1-4H3,(H,21,24)(H,22,23). The van der Waals surface area contributed by atoms with E-state index < -0.39 is 0 Å². The minimum Gasteiger partial charge on any atom is -0.496 e. The number of carbonyl (C=O) groups is 2. The Morgan fingerprint density at radius 1 is 1.04 bits per heavy atom. The number of benzene rings is 2. The second-order valence-electron chi connectivity index (χ2n) is 5.96. The Bertz CT molecular complexity index is 785. The molecule has 5 heteroatoms. The van der Waals surface area contributed by atoms with Gasteiger partial charge in [-0.15, -0.1) is 0 Å². The Morgan fingerprint density at radius 3 is 2.44 bits per heavy atom. The lowest BCUT2D eigenvalue weighted by molar-refractivity contribution is -0.116. The zero-order chi connectivity index (χ0) is 18.4. The molecule has 25 heavy (non-hydrogen) atoms. The molecule has 0 heterocycles. The highest BCUT2D eigenvalue weighted by Crippen LogP contribution is 2.20. The maximum absolute atomic E-state index is 12.2. The van der Waals surface area contributed by atoms with Gasteiger partial charge in [0.15, 0.2) is 0 Å². The van der Waals surface area contributed by atoms with Crippen molar-refractivity contribution in [2.24, 2.45) is 0 Å². The van der Waals surface area contributed by atoms with Gasteiger partial charge in [-0.3, -0.25) is 9.59 Å². The molecule has 2 N–H and O–H groups in total. The van der Waals surface area contributed by atoms with Crippen molar-refractivity contribution in [1.82, 2.24) is 5.32 Å². The molecule has 0 unspecified atom stereocenters. The molecule has 0 atom stereocenters. The number of anilines is 1. The van der Waals surface area contributed by atoms with E-state index in [1.54, 1.807) is 32.4 Å². The summed E-state index contributed by atoms with van der Waals surface area (Å²) in [5.41, 5.74) is 4.28. The first-order chi connectivity index (χ1) is 11.9. The zero-order valence-electron chi connectivity index (χ0n) is 15.1. The SMILES string of the molecule is CNC(=O)c1ccc(NC(=O)CCc2ccc(C)c(OC)c2)c(C)c1. The molecule has 0 aliphatic rings. The fraction of sp³-hybridized carbons (Fsp3) is 0.300. The van der Waals surface area contributed by atoms with Crippen molar-refractivity contribution in [2.75, 3.05) is 19.5 Å². The van der Waals surface area contributed by atoms with E-state index in [1.807, 2.05) is 32.0 Å². The van der Waals surface area contributed by atoms with Crippen LogP contribution in [0, 0.1) is 13.8 Å². The van der Waals surface area contributed by atoms with Crippen LogP contribution in [0.5, 0.6) is 5.75 Å². The molecule has 0 aliphatic carbocycles. The predicted octanol–water partition coefficient (Wildman–Crippen LogP) is 3.24. The largest absolute Gasteiger partial charge is 0.496 e. The van der Waals surface area contributed by atoms with Gasteiger partial charge in [0.25, 0.3) is 5.91 Å². The van der Waals surface area contributed by atoms with E-state index in [0.717, 1.165) is 28.1 Å². The molecule has 2 aromatic carbocycles. The van der Waals surface area contributed by atoms with Gasteiger partial charge in [-0.05, 0) is 61.2 Å². The van der Waals surface area contributed by atoms with Gasteiger partial charge in [-0.1, -0.05) is 12.1 Å². The summed E-state index contributed by atoms with van der Waals surface area (Å²) in [7, 11) is 3.23. The summed E-state index contributed by atoms with van der Waals surface area (Å²) < 4.78 is 5.31. The van der Waals surface area contributed by atoms with E-state index in [1.165, 1.54) is 0 Å². The Hall–Kier alpha value is -2.82. The lowest BCUT2D eigenvalue weighted by Gasteiger charge is -2.11. The second-order valence-corrected chi connectivity index (χ2v) is 5.96. The summed E-state index contributed by atoms with van der Waals surface area (Å²) in [6.07, 6.45) is 1.01. The fourth-order valence-electron chi connectivity index (χ4n) is 2.58. The minimum absolute atomic E-state index is 0.0599. The van der Waals surface area contributed by atoms with Crippen LogP contribution in [-0.2, 0) is 11.2 Å². The van der Waals surface area contributed by atoms with Gasteiger partial charge in [0.1, 0.15) is 5.75 Å². The summed E-state index contributed by atoms with van der Waals surface area (Å²) in [5, 5.41) is 5.49. The molecule has 0 saturated carbocycles. The number of rotatable bonds is 6. The van der Waals surface area contributed by atoms with Crippen molar-refractivity contribution in [2.45, 2.75) is 26.7 Å². The molecule has 2 amide bonds. The van der Waals surface area contributed by atoms with Crippen molar-refractivity contribution >= 4 is 17.5 Å². The third kappa shape index (κ3) is 4.83. The third-order valence-electron chi connectivity index (χ3n) is 4.10. The average molecular weight is 340 g/mol. The molecule has 0 aromatic heterocycles. The van der Waals surface area contributed by atoms with Gasteiger partial charge in [-0.2, -0.15) is 0 Å². The normalized spacial score (nSPS) is 10.2. The Labute approximate surface area is 148 Å². The molecular formula is C20H24N2O3. The van der Waals surface area contributed by atoms with Crippen LogP contribution >= 0.6 is 0 Å². The monoisotopic (exact) mass is 340 g/mol. The molecule has 2 aromatic rings. The molecule has 0 radical (unpaired) electrons. The average Bonchev–Trinajstić information content (AvgIpc) is 2.62. The summed E-state index contributed by atoms with van der Waals surface area (Å²) in [5.74, 6) is 0.628. The Morgan fingerprint density at radius 2 is 1.80 bits per heavy atom. The number of methoxy groups -OCH3 is 1. The molecular weight excluding hydrogens is 316 g/mol. The third-order valence-corrected chi connectivity index (χ3v) is 4.10. The summed E-state index contributed by atoms with van der Waals surface area (Å²) in [6.45, 7) is 3.85. The van der Waals surface area contributed by atoms with Crippen LogP contribution in [0.15, 0.2) is 36.4 Å². The smallest absolute Gasteiger partial charge is 0.251 e. The van der Waals surface area contributed by atoms with Gasteiger partial charge < -0.3 is 15.4 Å². The van der Waals surface area contributed by atoms with Crippen LogP contribution < -0.4 is 15.4 Å². The molecule has 0 aliphatic heterocycles. The number of amides is 2. The molecule has 0 bridgehead atoms. The van der Waals surface area contributed by atoms with Crippen LogP contribution in [0.25, 0.3) is 0 Å². The lowest BCUT2D eigenvalue weighted by atomic mass is 10.1. The van der Waals surface area contributed by atoms with Crippen molar-refractivity contribution in [1.29, 1.82) is 0 Å². The fourth-order valence-corrected chi connectivity index (χ4v) is 2.58. The van der Waals surface area contributed by atoms with Gasteiger partial charge in [0.2, 0.25) is 5.91 Å². The second kappa shape index (κ2) is 8.33. The first kappa shape index (κ1) is 18.5. The van der Waals surface area contributed by atoms with Crippen LogP contribution in [0.1, 0.15) is 33.5 Å². The quantitative estimate of drug-likeness (QED) is 0.848. The number of aryl methyl sites for hydroxylation is 3. The Balaban J connectivity index is 1.97. The first-order valence-corrected chi connectivity index (χ1v) is 8.20. The van der Waals surface area contributed by atoms with E-state index in [-0.39, 0.29) is 11.8 Å². The van der Waals surface area contributed by atoms with E-state index in [0.29, 0.717) is 18.4 Å². The maximum atomic E-state index is 12.2. The predicted molar refractivity (Wildman–Crippen MR) is 99.3 cm³/mol. The number of ether oxygens (including phenoxy) is 1. The maximum Gasteiger partial charge on any atom is 0.251 e. The van der Waals surface area contributed by atoms with Gasteiger partial charge >= 0.3 is 0 Å². The van der Waals surface area contributed by atoms with Crippen molar-refractivity contribution in [3.05, 3.63) is 58.7 Å². The minimum atomic E-state index is -0.144. The van der Waals surface area contributed by atoms with Crippen molar-refractivity contribution < 1.29 is 14.3 Å². The zero-order valence-corrected chi connectivity index (χ0v) is 15.1. The number of hydrogen-bond donors (Lipinski definition) is 2. The molecule has 0 saturated heterocycles. The van der Waals surface area contributed by atoms with Gasteiger partial charge in [0.05, 0.1) is 7.11 Å². The van der Waals surface area contributed by atoms with Crippen LogP contribution in [0.3, 0.4) is 0 Å². The highest BCUT2D eigenvalue weighted by molar-refractivity contribution is 5.96. The highest BCUT2D eigenvalue weighted by atomic mass is 16.5. The van der Waals surface area contributed by atoms with Gasteiger partial charge in [-0.25, -0.2) is 0 Å². The van der Waals surface area contributed by atoms with E-state index in [4.69, 9.17) is 4.74 Å². The first-order valence-electron chi connectivity index (χ1n) is 8.20. The van der Waals surface area contributed by atoms with Crippen molar-refractivity contribution in [3.8, 4) is 5.75 Å². The van der Waals surface area contributed by atoms with Gasteiger partial charge in [0, 0.05) is 24.7 Å². The summed E-state index contributed by atoms with van der Waals surface area (Å²) >= 11 is 0. The number of nitrogens with one attached hydrogen (secondary N) is 2. The molecule has 132 valence electrons. The van der Waals surface area contributed by atoms with E-state index in [9.17, 15) is 9.59 Å². The summed E-state index contributed by atoms with van der Waals surface area (Å²) in [4.78, 5) is 23.8. The van der Waals surface area contributed by atoms with Crippen LogP contribution in [0.2, 0.25) is 0 Å². The summed E-state index contributed by atoms with van der Waals surface area (Å²) in [6, 6.07) is 11.2.